The van der Waals surface area contributed by atoms with E-state index < -0.39 is 16.0 Å². The Labute approximate surface area is 142 Å². The highest BCUT2D eigenvalue weighted by molar-refractivity contribution is 7.87. The summed E-state index contributed by atoms with van der Waals surface area (Å²) in [5.41, 5.74) is 0.115. The minimum atomic E-state index is -3.69. The molecule has 1 aliphatic rings. The van der Waals surface area contributed by atoms with Crippen molar-refractivity contribution < 1.29 is 12.8 Å². The molecule has 2 N–H and O–H groups in total. The van der Waals surface area contributed by atoms with Crippen molar-refractivity contribution in [1.29, 1.82) is 0 Å². The van der Waals surface area contributed by atoms with Crippen LogP contribution >= 0.6 is 11.6 Å². The molecule has 1 aliphatic heterocycles. The van der Waals surface area contributed by atoms with Gasteiger partial charge in [-0.25, -0.2) is 9.11 Å². The van der Waals surface area contributed by atoms with Gasteiger partial charge in [-0.3, -0.25) is 0 Å². The quantitative estimate of drug-likeness (QED) is 0.814. The van der Waals surface area contributed by atoms with Crippen molar-refractivity contribution in [2.75, 3.05) is 26.7 Å². The van der Waals surface area contributed by atoms with Gasteiger partial charge in [0.2, 0.25) is 0 Å². The first-order chi connectivity index (χ1) is 10.7. The number of benzene rings is 1. The lowest BCUT2D eigenvalue weighted by molar-refractivity contribution is 0.230. The lowest BCUT2D eigenvalue weighted by Crippen LogP contribution is -2.46. The Kier molecular flexibility index (Phi) is 6.02. The molecule has 5 nitrogen and oxygen atoms in total. The molecule has 0 unspecified atom stereocenters. The van der Waals surface area contributed by atoms with Crippen LogP contribution in [0, 0.1) is 11.2 Å². The van der Waals surface area contributed by atoms with Crippen molar-refractivity contribution in [2.24, 2.45) is 5.41 Å². The van der Waals surface area contributed by atoms with Crippen LogP contribution in [0.1, 0.15) is 25.3 Å². The zero-order valence-corrected chi connectivity index (χ0v) is 15.0. The van der Waals surface area contributed by atoms with E-state index in [4.69, 9.17) is 11.6 Å². The summed E-state index contributed by atoms with van der Waals surface area (Å²) in [6.45, 7) is 4.10. The van der Waals surface area contributed by atoms with E-state index in [1.165, 1.54) is 19.2 Å². The SMILES string of the molecule is CN(Cc1c(F)cccc1Cl)S(=O)(=O)NCC1(C)CCNCC1. The van der Waals surface area contributed by atoms with E-state index in [9.17, 15) is 12.8 Å². The average Bonchev–Trinajstić information content (AvgIpc) is 2.50. The third kappa shape index (κ3) is 4.87. The highest BCUT2D eigenvalue weighted by Gasteiger charge is 2.29. The molecular formula is C15H23ClFN3O2S. The fourth-order valence-electron chi connectivity index (χ4n) is 2.57. The van der Waals surface area contributed by atoms with Gasteiger partial charge in [0.1, 0.15) is 5.82 Å². The molecule has 0 spiro atoms. The van der Waals surface area contributed by atoms with E-state index in [0.29, 0.717) is 6.54 Å². The molecule has 0 bridgehead atoms. The van der Waals surface area contributed by atoms with Crippen LogP contribution in [0.4, 0.5) is 4.39 Å². The number of piperidine rings is 1. The van der Waals surface area contributed by atoms with Crippen LogP contribution in [-0.4, -0.2) is 39.4 Å². The van der Waals surface area contributed by atoms with Crippen LogP contribution in [0.15, 0.2) is 18.2 Å². The van der Waals surface area contributed by atoms with E-state index in [-0.39, 0.29) is 22.5 Å². The molecule has 1 aromatic carbocycles. The second kappa shape index (κ2) is 7.44. The highest BCUT2D eigenvalue weighted by Crippen LogP contribution is 2.27. The predicted molar refractivity (Wildman–Crippen MR) is 90.0 cm³/mol. The van der Waals surface area contributed by atoms with Gasteiger partial charge in [0.15, 0.2) is 0 Å². The summed E-state index contributed by atoms with van der Waals surface area (Å²) in [4.78, 5) is 0. The first kappa shape index (κ1) is 18.6. The van der Waals surface area contributed by atoms with E-state index in [0.717, 1.165) is 30.2 Å². The summed E-state index contributed by atoms with van der Waals surface area (Å²) < 4.78 is 42.3. The molecule has 130 valence electrons. The van der Waals surface area contributed by atoms with Gasteiger partial charge in [-0.1, -0.05) is 24.6 Å². The van der Waals surface area contributed by atoms with Gasteiger partial charge < -0.3 is 5.32 Å². The van der Waals surface area contributed by atoms with Crippen molar-refractivity contribution in [1.82, 2.24) is 14.3 Å². The molecule has 2 rings (SSSR count). The molecule has 0 amide bonds. The maximum atomic E-state index is 13.8. The molecule has 1 heterocycles. The zero-order valence-electron chi connectivity index (χ0n) is 13.4. The lowest BCUT2D eigenvalue weighted by atomic mass is 9.81. The fraction of sp³-hybridized carbons (Fsp3) is 0.600. The number of nitrogens with zero attached hydrogens (tertiary/aromatic N) is 1. The number of rotatable bonds is 6. The Bertz CT molecular complexity index is 628. The Hall–Kier alpha value is -0.730. The molecule has 0 radical (unpaired) electrons. The normalized spacial score (nSPS) is 18.3. The Morgan fingerprint density at radius 3 is 2.65 bits per heavy atom. The van der Waals surface area contributed by atoms with Crippen molar-refractivity contribution >= 4 is 21.8 Å². The topological polar surface area (TPSA) is 61.4 Å². The van der Waals surface area contributed by atoms with Crippen LogP contribution < -0.4 is 10.0 Å². The number of nitrogens with one attached hydrogen (secondary N) is 2. The molecule has 0 aromatic heterocycles. The minimum absolute atomic E-state index is 0.0607. The predicted octanol–water partition coefficient (Wildman–Crippen LogP) is 2.13. The standard InChI is InChI=1S/C15H23ClFN3O2S/c1-15(6-8-18-9-7-15)11-19-23(21,22)20(2)10-12-13(16)4-3-5-14(12)17/h3-5,18-19H,6-11H2,1-2H3. The monoisotopic (exact) mass is 363 g/mol. The first-order valence-electron chi connectivity index (χ1n) is 7.58. The molecule has 8 heteroatoms. The summed E-state index contributed by atoms with van der Waals surface area (Å²) in [6, 6.07) is 4.31. The van der Waals surface area contributed by atoms with Gasteiger partial charge in [-0.05, 0) is 43.5 Å². The van der Waals surface area contributed by atoms with Crippen molar-refractivity contribution in [2.45, 2.75) is 26.3 Å². The maximum Gasteiger partial charge on any atom is 0.279 e. The van der Waals surface area contributed by atoms with Crippen LogP contribution in [-0.2, 0) is 16.8 Å². The van der Waals surface area contributed by atoms with Crippen molar-refractivity contribution in [3.63, 3.8) is 0 Å². The Morgan fingerprint density at radius 2 is 2.04 bits per heavy atom. The van der Waals surface area contributed by atoms with Crippen molar-refractivity contribution in [3.05, 3.63) is 34.6 Å². The van der Waals surface area contributed by atoms with Crippen LogP contribution in [0.3, 0.4) is 0 Å². The number of halogens is 2. The summed E-state index contributed by atoms with van der Waals surface area (Å²) in [5, 5.41) is 3.48. The molecule has 0 saturated carbocycles. The van der Waals surface area contributed by atoms with Crippen molar-refractivity contribution in [3.8, 4) is 0 Å². The summed E-state index contributed by atoms with van der Waals surface area (Å²) in [7, 11) is -2.28. The Morgan fingerprint density at radius 1 is 1.39 bits per heavy atom. The zero-order chi connectivity index (χ0) is 17.1. The first-order valence-corrected chi connectivity index (χ1v) is 9.40. The molecule has 0 aliphatic carbocycles. The molecular weight excluding hydrogens is 341 g/mol. The summed E-state index contributed by atoms with van der Waals surface area (Å²) in [6.07, 6.45) is 1.83. The van der Waals surface area contributed by atoms with E-state index in [1.807, 2.05) is 0 Å². The fourth-order valence-corrected chi connectivity index (χ4v) is 3.85. The van der Waals surface area contributed by atoms with Crippen LogP contribution in [0.5, 0.6) is 0 Å². The van der Waals surface area contributed by atoms with Gasteiger partial charge in [0.25, 0.3) is 10.2 Å². The van der Waals surface area contributed by atoms with Gasteiger partial charge in [0, 0.05) is 30.7 Å². The second-order valence-corrected chi connectivity index (χ2v) is 8.61. The smallest absolute Gasteiger partial charge is 0.279 e. The summed E-state index contributed by atoms with van der Waals surface area (Å²) in [5.74, 6) is -0.509. The molecule has 23 heavy (non-hydrogen) atoms. The molecule has 0 atom stereocenters. The van der Waals surface area contributed by atoms with E-state index >= 15 is 0 Å². The number of hydrogen-bond acceptors (Lipinski definition) is 3. The van der Waals surface area contributed by atoms with Gasteiger partial charge in [0.05, 0.1) is 0 Å². The van der Waals surface area contributed by atoms with Crippen LogP contribution in [0.2, 0.25) is 5.02 Å². The highest BCUT2D eigenvalue weighted by atomic mass is 35.5. The van der Waals surface area contributed by atoms with E-state index in [2.05, 4.69) is 17.0 Å². The Balaban J connectivity index is 2.01. The molecule has 1 aromatic rings. The average molecular weight is 364 g/mol. The maximum absolute atomic E-state index is 13.8. The largest absolute Gasteiger partial charge is 0.317 e. The number of hydrogen-bond donors (Lipinski definition) is 2. The van der Waals surface area contributed by atoms with Gasteiger partial charge in [-0.15, -0.1) is 0 Å². The summed E-state index contributed by atoms with van der Waals surface area (Å²) >= 11 is 5.96. The molecule has 1 fully saturated rings. The van der Waals surface area contributed by atoms with Crippen LogP contribution in [0.25, 0.3) is 0 Å². The van der Waals surface area contributed by atoms with Gasteiger partial charge in [-0.2, -0.15) is 12.7 Å². The van der Waals surface area contributed by atoms with Gasteiger partial charge >= 0.3 is 0 Å². The lowest BCUT2D eigenvalue weighted by Gasteiger charge is -2.34. The third-order valence-corrected chi connectivity index (χ3v) is 6.16. The second-order valence-electron chi connectivity index (χ2n) is 6.34. The molecule has 1 saturated heterocycles. The third-order valence-electron chi connectivity index (χ3n) is 4.34. The van der Waals surface area contributed by atoms with E-state index in [1.54, 1.807) is 6.07 Å². The minimum Gasteiger partial charge on any atom is -0.317 e.